The molecule has 0 spiro atoms. The quantitative estimate of drug-likeness (QED) is 0.380. The molecular weight excluding hydrogens is 474 g/mol. The fourth-order valence-corrected chi connectivity index (χ4v) is 5.72. The van der Waals surface area contributed by atoms with Crippen molar-refractivity contribution in [1.82, 2.24) is 14.8 Å². The molecule has 0 amide bonds. The predicted molar refractivity (Wildman–Crippen MR) is 142 cm³/mol. The van der Waals surface area contributed by atoms with Crippen molar-refractivity contribution in [3.8, 4) is 10.8 Å². The summed E-state index contributed by atoms with van der Waals surface area (Å²) in [7, 11) is 3.67. The van der Waals surface area contributed by atoms with E-state index in [2.05, 4.69) is 28.9 Å². The zero-order valence-electron chi connectivity index (χ0n) is 20.8. The van der Waals surface area contributed by atoms with Crippen LogP contribution in [0, 0.1) is 20.8 Å². The second kappa shape index (κ2) is 9.23. The van der Waals surface area contributed by atoms with Gasteiger partial charge in [-0.05, 0) is 50.6 Å². The van der Waals surface area contributed by atoms with E-state index in [1.165, 1.54) is 4.88 Å². The number of carboxylic acid groups (broad SMARTS) is 1. The highest BCUT2D eigenvalue weighted by atomic mass is 32.1. The minimum atomic E-state index is -0.927. The molecule has 0 aliphatic carbocycles. The highest BCUT2D eigenvalue weighted by molar-refractivity contribution is 7.15. The van der Waals surface area contributed by atoms with Gasteiger partial charge in [-0.2, -0.15) is 0 Å². The number of hydrogen-bond acceptors (Lipinski definition) is 7. The van der Waals surface area contributed by atoms with Gasteiger partial charge in [-0.3, -0.25) is 14.4 Å². The van der Waals surface area contributed by atoms with E-state index in [4.69, 9.17) is 9.73 Å². The summed E-state index contributed by atoms with van der Waals surface area (Å²) >= 11 is 1.65. The van der Waals surface area contributed by atoms with E-state index >= 15 is 0 Å². The number of methoxy groups -OCH3 is 1. The Hall–Kier alpha value is -3.98. The van der Waals surface area contributed by atoms with Crippen LogP contribution in [0.5, 0.6) is 5.75 Å². The number of carbonyl (C=O) groups is 1. The molecule has 3 heterocycles. The van der Waals surface area contributed by atoms with Crippen molar-refractivity contribution < 1.29 is 14.6 Å². The van der Waals surface area contributed by atoms with Crippen molar-refractivity contribution >= 4 is 34.4 Å². The first-order chi connectivity index (χ1) is 17.3. The lowest BCUT2D eigenvalue weighted by Gasteiger charge is -2.20. The summed E-state index contributed by atoms with van der Waals surface area (Å²) < 4.78 is 7.34. The van der Waals surface area contributed by atoms with Gasteiger partial charge in [0.25, 0.3) is 0 Å². The zero-order valence-corrected chi connectivity index (χ0v) is 21.6. The Labute approximate surface area is 213 Å². The summed E-state index contributed by atoms with van der Waals surface area (Å²) in [4.78, 5) is 20.0. The Bertz CT molecular complexity index is 1490. The number of aliphatic carboxylic acids is 1. The van der Waals surface area contributed by atoms with Crippen LogP contribution in [0.4, 0.5) is 11.4 Å². The molecule has 8 nitrogen and oxygen atoms in total. The molecule has 2 aromatic heterocycles. The monoisotopic (exact) mass is 501 g/mol. The van der Waals surface area contributed by atoms with Crippen LogP contribution in [0.25, 0.3) is 5.00 Å². The number of aromatic nitrogens is 3. The third-order valence-corrected chi connectivity index (χ3v) is 7.77. The van der Waals surface area contributed by atoms with E-state index in [0.29, 0.717) is 5.82 Å². The van der Waals surface area contributed by atoms with Crippen LogP contribution in [0.2, 0.25) is 0 Å². The summed E-state index contributed by atoms with van der Waals surface area (Å²) in [6.45, 7) is 6.06. The van der Waals surface area contributed by atoms with Gasteiger partial charge < -0.3 is 14.7 Å². The molecule has 1 N–H and O–H groups in total. The number of aryl methyl sites for hydroxylation is 2. The van der Waals surface area contributed by atoms with E-state index in [-0.39, 0.29) is 6.42 Å². The minimum Gasteiger partial charge on any atom is -0.497 e. The SMILES string of the molecule is COc1cccc(N(C)c2ccc(C3=N[C@@H](CC(=O)O)c4nnc(C)n4-c4sc(C)c(C)c43)cc2)c1. The average molecular weight is 502 g/mol. The van der Waals surface area contributed by atoms with Gasteiger partial charge in [-0.1, -0.05) is 18.2 Å². The molecule has 0 unspecified atom stereocenters. The highest BCUT2D eigenvalue weighted by Crippen LogP contribution is 2.39. The predicted octanol–water partition coefficient (Wildman–Crippen LogP) is 5.40. The molecule has 2 aromatic carbocycles. The van der Waals surface area contributed by atoms with Gasteiger partial charge in [0.05, 0.1) is 19.2 Å². The number of ether oxygens (including phenoxy) is 1. The van der Waals surface area contributed by atoms with E-state index < -0.39 is 12.0 Å². The largest absolute Gasteiger partial charge is 0.497 e. The normalized spacial score (nSPS) is 14.5. The van der Waals surface area contributed by atoms with Crippen LogP contribution in [-0.4, -0.2) is 45.7 Å². The summed E-state index contributed by atoms with van der Waals surface area (Å²) in [5.41, 5.74) is 5.85. The topological polar surface area (TPSA) is 92.8 Å². The molecule has 1 atom stereocenters. The molecule has 1 aliphatic heterocycles. The van der Waals surface area contributed by atoms with Gasteiger partial charge in [0.15, 0.2) is 5.82 Å². The molecule has 0 bridgehead atoms. The van der Waals surface area contributed by atoms with E-state index in [1.54, 1.807) is 18.4 Å². The fraction of sp³-hybridized carbons (Fsp3) is 0.259. The Balaban J connectivity index is 1.61. The molecule has 0 fully saturated rings. The minimum absolute atomic E-state index is 0.161. The Morgan fingerprint density at radius 1 is 1.11 bits per heavy atom. The van der Waals surface area contributed by atoms with Crippen molar-refractivity contribution in [1.29, 1.82) is 0 Å². The fourth-order valence-electron chi connectivity index (χ4n) is 4.50. The average Bonchev–Trinajstić information content (AvgIpc) is 3.35. The Kier molecular flexibility index (Phi) is 6.09. The molecular formula is C27H27N5O3S. The van der Waals surface area contributed by atoms with Crippen LogP contribution in [0.1, 0.15) is 45.7 Å². The lowest BCUT2D eigenvalue weighted by atomic mass is 9.99. The number of aliphatic imine (C=N–C) groups is 1. The third-order valence-electron chi connectivity index (χ3n) is 6.58. The van der Waals surface area contributed by atoms with Gasteiger partial charge >= 0.3 is 5.97 Å². The molecule has 36 heavy (non-hydrogen) atoms. The first-order valence-corrected chi connectivity index (χ1v) is 12.4. The maximum absolute atomic E-state index is 11.7. The van der Waals surface area contributed by atoms with E-state index in [9.17, 15) is 9.90 Å². The van der Waals surface area contributed by atoms with Crippen LogP contribution in [0.15, 0.2) is 53.5 Å². The van der Waals surface area contributed by atoms with Crippen molar-refractivity contribution in [2.45, 2.75) is 33.2 Å². The lowest BCUT2D eigenvalue weighted by molar-refractivity contribution is -0.137. The van der Waals surface area contributed by atoms with Crippen molar-refractivity contribution in [3.63, 3.8) is 0 Å². The van der Waals surface area contributed by atoms with Crippen molar-refractivity contribution in [3.05, 3.63) is 81.7 Å². The van der Waals surface area contributed by atoms with Gasteiger partial charge in [-0.25, -0.2) is 0 Å². The zero-order chi connectivity index (χ0) is 25.6. The molecule has 0 saturated heterocycles. The molecule has 0 saturated carbocycles. The summed E-state index contributed by atoms with van der Waals surface area (Å²) in [5.74, 6) is 1.14. The summed E-state index contributed by atoms with van der Waals surface area (Å²) in [6, 6.07) is 15.4. The number of rotatable bonds is 6. The second-order valence-electron chi connectivity index (χ2n) is 8.80. The maximum atomic E-state index is 11.7. The molecule has 5 rings (SSSR count). The number of carboxylic acids is 1. The number of hydrogen-bond donors (Lipinski definition) is 1. The Morgan fingerprint density at radius 2 is 1.86 bits per heavy atom. The van der Waals surface area contributed by atoms with Crippen LogP contribution in [0.3, 0.4) is 0 Å². The Morgan fingerprint density at radius 3 is 2.56 bits per heavy atom. The van der Waals surface area contributed by atoms with Gasteiger partial charge in [0.1, 0.15) is 22.6 Å². The van der Waals surface area contributed by atoms with Crippen LogP contribution < -0.4 is 9.64 Å². The van der Waals surface area contributed by atoms with Crippen LogP contribution >= 0.6 is 11.3 Å². The molecule has 0 radical (unpaired) electrons. The number of thiophene rings is 1. The molecule has 184 valence electrons. The summed E-state index contributed by atoms with van der Waals surface area (Å²) in [5, 5.41) is 19.2. The maximum Gasteiger partial charge on any atom is 0.306 e. The van der Waals surface area contributed by atoms with E-state index in [1.807, 2.05) is 67.1 Å². The summed E-state index contributed by atoms with van der Waals surface area (Å²) in [6.07, 6.45) is -0.161. The van der Waals surface area contributed by atoms with Crippen molar-refractivity contribution in [2.75, 3.05) is 19.1 Å². The standard InChI is InChI=1S/C27H27N5O3S/c1-15-16(2)36-27-24(15)25(28-22(14-23(33)34)26-30-29-17(3)32(26)27)18-9-11-19(12-10-18)31(4)20-7-6-8-21(13-20)35-5/h6-13,22H,14H2,1-5H3,(H,33,34)/t22-/m0/s1. The number of anilines is 2. The van der Waals surface area contributed by atoms with Crippen molar-refractivity contribution in [2.24, 2.45) is 4.99 Å². The first-order valence-electron chi connectivity index (χ1n) is 11.6. The number of nitrogens with zero attached hydrogens (tertiary/aromatic N) is 5. The van der Waals surface area contributed by atoms with Crippen LogP contribution in [-0.2, 0) is 4.79 Å². The van der Waals surface area contributed by atoms with Gasteiger partial charge in [-0.15, -0.1) is 21.5 Å². The smallest absolute Gasteiger partial charge is 0.306 e. The molecule has 4 aromatic rings. The number of fused-ring (bicyclic) bond motifs is 3. The molecule has 1 aliphatic rings. The van der Waals surface area contributed by atoms with Gasteiger partial charge in [0, 0.05) is 40.5 Å². The number of benzene rings is 2. The lowest BCUT2D eigenvalue weighted by Crippen LogP contribution is -2.12. The molecule has 9 heteroatoms. The third kappa shape index (κ3) is 4.05. The first kappa shape index (κ1) is 23.7. The second-order valence-corrected chi connectivity index (χ2v) is 10.0. The highest BCUT2D eigenvalue weighted by Gasteiger charge is 2.32. The van der Waals surface area contributed by atoms with Gasteiger partial charge in [0.2, 0.25) is 0 Å². The van der Waals surface area contributed by atoms with E-state index in [0.717, 1.165) is 50.4 Å².